The number of benzene rings is 4. The molecule has 6 nitrogen and oxygen atoms in total. The van der Waals surface area contributed by atoms with Crippen LogP contribution in [0.1, 0.15) is 54.4 Å². The summed E-state index contributed by atoms with van der Waals surface area (Å²) in [5.41, 5.74) is 4.11. The zero-order valence-corrected chi connectivity index (χ0v) is 23.7. The van der Waals surface area contributed by atoms with Gasteiger partial charge in [0.25, 0.3) is 0 Å². The van der Waals surface area contributed by atoms with Crippen molar-refractivity contribution >= 4 is 16.9 Å². The van der Waals surface area contributed by atoms with E-state index in [1.165, 1.54) is 0 Å². The van der Waals surface area contributed by atoms with Crippen LogP contribution in [0.5, 0.6) is 5.75 Å². The summed E-state index contributed by atoms with van der Waals surface area (Å²) in [6, 6.07) is 30.6. The number of hydrogen-bond donors (Lipinski definition) is 1. The Bertz CT molecular complexity index is 1420. The van der Waals surface area contributed by atoms with Crippen LogP contribution < -0.4 is 4.74 Å². The summed E-state index contributed by atoms with van der Waals surface area (Å²) in [6.07, 6.45) is 2.08. The van der Waals surface area contributed by atoms with E-state index < -0.39 is 0 Å². The van der Waals surface area contributed by atoms with Crippen molar-refractivity contribution in [2.24, 2.45) is 0 Å². The molecule has 1 aliphatic heterocycles. The molecule has 214 valence electrons. The SMILES string of the molecule is CCCCOC(=O)N1CCC(c2cccc(CO)c2)C(OCc2cc(OCc3ccccc3)c3ccccc3c2)C1. The molecule has 1 saturated heterocycles. The molecular formula is C35H39NO5. The molecular weight excluding hydrogens is 514 g/mol. The molecule has 1 N–H and O–H groups in total. The van der Waals surface area contributed by atoms with Gasteiger partial charge in [0.15, 0.2) is 0 Å². The second-order valence-corrected chi connectivity index (χ2v) is 10.7. The van der Waals surface area contributed by atoms with Crippen molar-refractivity contribution in [1.82, 2.24) is 4.90 Å². The molecule has 5 rings (SSSR count). The minimum atomic E-state index is -0.281. The number of rotatable bonds is 11. The first kappa shape index (κ1) is 28.7. The van der Waals surface area contributed by atoms with Gasteiger partial charge < -0.3 is 24.2 Å². The Labute approximate surface area is 242 Å². The standard InChI is InChI=1S/C35H39NO5/c1-2-3-18-39-35(38)36-17-16-32(30-14-9-12-27(19-30)23-37)34(22-36)41-25-28-20-29-13-7-8-15-31(29)33(21-28)40-24-26-10-5-4-6-11-26/h4-15,19-21,32,34,37H,2-3,16-18,22-25H2,1H3. The summed E-state index contributed by atoms with van der Waals surface area (Å²) < 4.78 is 18.4. The summed E-state index contributed by atoms with van der Waals surface area (Å²) in [6.45, 7) is 4.42. The lowest BCUT2D eigenvalue weighted by molar-refractivity contribution is -0.0239. The average Bonchev–Trinajstić information content (AvgIpc) is 3.03. The lowest BCUT2D eigenvalue weighted by Gasteiger charge is -2.38. The van der Waals surface area contributed by atoms with Gasteiger partial charge in [0.05, 0.1) is 32.5 Å². The number of aliphatic hydroxyl groups is 1. The van der Waals surface area contributed by atoms with Crippen molar-refractivity contribution in [3.8, 4) is 5.75 Å². The van der Waals surface area contributed by atoms with Gasteiger partial charge in [-0.15, -0.1) is 0 Å². The van der Waals surface area contributed by atoms with Crippen LogP contribution in [0.3, 0.4) is 0 Å². The van der Waals surface area contributed by atoms with Crippen LogP contribution in [0.4, 0.5) is 4.79 Å². The van der Waals surface area contributed by atoms with E-state index in [9.17, 15) is 9.90 Å². The fourth-order valence-corrected chi connectivity index (χ4v) is 5.43. The molecule has 0 saturated carbocycles. The molecule has 1 heterocycles. The zero-order valence-electron chi connectivity index (χ0n) is 23.7. The van der Waals surface area contributed by atoms with Crippen molar-refractivity contribution in [2.45, 2.75) is 58.0 Å². The van der Waals surface area contributed by atoms with Gasteiger partial charge >= 0.3 is 6.09 Å². The number of nitrogens with zero attached hydrogens (tertiary/aromatic N) is 1. The van der Waals surface area contributed by atoms with Crippen LogP contribution >= 0.6 is 0 Å². The second-order valence-electron chi connectivity index (χ2n) is 10.7. The Morgan fingerprint density at radius 1 is 0.902 bits per heavy atom. The minimum Gasteiger partial charge on any atom is -0.488 e. The fourth-order valence-electron chi connectivity index (χ4n) is 5.43. The van der Waals surface area contributed by atoms with Crippen LogP contribution in [-0.4, -0.2) is 41.9 Å². The topological polar surface area (TPSA) is 68.2 Å². The summed E-state index contributed by atoms with van der Waals surface area (Å²) in [4.78, 5) is 14.6. The number of carbonyl (C=O) groups is 1. The molecule has 6 heteroatoms. The van der Waals surface area contributed by atoms with E-state index in [1.807, 2.05) is 48.5 Å². The number of hydrogen-bond acceptors (Lipinski definition) is 5. The number of amides is 1. The van der Waals surface area contributed by atoms with Gasteiger partial charge in [0.2, 0.25) is 0 Å². The van der Waals surface area contributed by atoms with E-state index in [0.29, 0.717) is 32.9 Å². The molecule has 2 unspecified atom stereocenters. The van der Waals surface area contributed by atoms with Gasteiger partial charge in [0, 0.05) is 17.8 Å². The highest BCUT2D eigenvalue weighted by Gasteiger charge is 2.34. The molecule has 1 aliphatic rings. The Morgan fingerprint density at radius 2 is 1.71 bits per heavy atom. The lowest BCUT2D eigenvalue weighted by atomic mass is 9.86. The molecule has 4 aromatic rings. The normalized spacial score (nSPS) is 17.0. The fraction of sp³-hybridized carbons (Fsp3) is 0.343. The highest BCUT2D eigenvalue weighted by molar-refractivity contribution is 5.89. The number of ether oxygens (including phenoxy) is 3. The summed E-state index contributed by atoms with van der Waals surface area (Å²) in [5.74, 6) is 0.915. The first-order valence-corrected chi connectivity index (χ1v) is 14.6. The van der Waals surface area contributed by atoms with Crippen molar-refractivity contribution in [3.63, 3.8) is 0 Å². The summed E-state index contributed by atoms with van der Waals surface area (Å²) in [5, 5.41) is 11.9. The van der Waals surface area contributed by atoms with Crippen molar-refractivity contribution in [1.29, 1.82) is 0 Å². The molecule has 0 aliphatic carbocycles. The maximum absolute atomic E-state index is 12.8. The number of aliphatic hydroxyl groups excluding tert-OH is 1. The van der Waals surface area contributed by atoms with E-state index in [1.54, 1.807) is 4.90 Å². The third kappa shape index (κ3) is 7.46. The van der Waals surface area contributed by atoms with Gasteiger partial charge in [-0.05, 0) is 52.6 Å². The van der Waals surface area contributed by atoms with Gasteiger partial charge in [0.1, 0.15) is 12.4 Å². The molecule has 1 fully saturated rings. The third-order valence-corrected chi connectivity index (χ3v) is 7.69. The van der Waals surface area contributed by atoms with E-state index in [2.05, 4.69) is 49.4 Å². The van der Waals surface area contributed by atoms with Gasteiger partial charge in [-0.2, -0.15) is 0 Å². The highest BCUT2D eigenvalue weighted by Crippen LogP contribution is 2.33. The first-order valence-electron chi connectivity index (χ1n) is 14.6. The maximum Gasteiger partial charge on any atom is 0.409 e. The second kappa shape index (κ2) is 14.2. The van der Waals surface area contributed by atoms with Gasteiger partial charge in [-0.1, -0.05) is 92.2 Å². The smallest absolute Gasteiger partial charge is 0.409 e. The quantitative estimate of drug-likeness (QED) is 0.199. The summed E-state index contributed by atoms with van der Waals surface area (Å²) >= 11 is 0. The predicted molar refractivity (Wildman–Crippen MR) is 161 cm³/mol. The molecule has 2 atom stereocenters. The van der Waals surface area contributed by atoms with Crippen molar-refractivity contribution in [2.75, 3.05) is 19.7 Å². The number of unbranched alkanes of at least 4 members (excludes halogenated alkanes) is 1. The Balaban J connectivity index is 1.35. The maximum atomic E-state index is 12.8. The number of carbonyl (C=O) groups excluding carboxylic acids is 1. The Hall–Kier alpha value is -3.87. The zero-order chi connectivity index (χ0) is 28.4. The molecule has 0 spiro atoms. The monoisotopic (exact) mass is 553 g/mol. The molecule has 4 aromatic carbocycles. The molecule has 0 radical (unpaired) electrons. The van der Waals surface area contributed by atoms with Gasteiger partial charge in [-0.3, -0.25) is 0 Å². The van der Waals surface area contributed by atoms with E-state index in [-0.39, 0.29) is 24.7 Å². The van der Waals surface area contributed by atoms with E-state index in [4.69, 9.17) is 14.2 Å². The van der Waals surface area contributed by atoms with Crippen LogP contribution in [-0.2, 0) is 29.3 Å². The minimum absolute atomic E-state index is 0.00912. The van der Waals surface area contributed by atoms with Crippen LogP contribution in [0, 0.1) is 0 Å². The molecule has 0 aromatic heterocycles. The highest BCUT2D eigenvalue weighted by atomic mass is 16.6. The first-order chi connectivity index (χ1) is 20.1. The molecule has 0 bridgehead atoms. The number of piperidine rings is 1. The average molecular weight is 554 g/mol. The van der Waals surface area contributed by atoms with E-state index in [0.717, 1.165) is 58.0 Å². The van der Waals surface area contributed by atoms with Crippen LogP contribution in [0.15, 0.2) is 91.0 Å². The van der Waals surface area contributed by atoms with Crippen molar-refractivity contribution in [3.05, 3.63) is 113 Å². The summed E-state index contributed by atoms with van der Waals surface area (Å²) in [7, 11) is 0. The lowest BCUT2D eigenvalue weighted by Crippen LogP contribution is -2.47. The van der Waals surface area contributed by atoms with E-state index >= 15 is 0 Å². The van der Waals surface area contributed by atoms with Gasteiger partial charge in [-0.25, -0.2) is 4.79 Å². The van der Waals surface area contributed by atoms with Crippen molar-refractivity contribution < 1.29 is 24.1 Å². The predicted octanol–water partition coefficient (Wildman–Crippen LogP) is 7.22. The Morgan fingerprint density at radius 3 is 2.54 bits per heavy atom. The third-order valence-electron chi connectivity index (χ3n) is 7.69. The molecule has 41 heavy (non-hydrogen) atoms. The number of likely N-dealkylation sites (tertiary alicyclic amines) is 1. The Kier molecular flexibility index (Phi) is 9.89. The molecule has 1 amide bonds. The van der Waals surface area contributed by atoms with Crippen LogP contribution in [0.25, 0.3) is 10.8 Å². The van der Waals surface area contributed by atoms with Crippen LogP contribution in [0.2, 0.25) is 0 Å². The number of fused-ring (bicyclic) bond motifs is 1. The largest absolute Gasteiger partial charge is 0.488 e.